The van der Waals surface area contributed by atoms with Gasteiger partial charge in [-0.3, -0.25) is 15.0 Å². The lowest BCUT2D eigenvalue weighted by Gasteiger charge is -2.35. The van der Waals surface area contributed by atoms with Crippen molar-refractivity contribution in [1.82, 2.24) is 20.9 Å². The zero-order valence-corrected chi connectivity index (χ0v) is 14.1. The van der Waals surface area contributed by atoms with Crippen LogP contribution in [0, 0.1) is 5.92 Å². The first-order valence-electron chi connectivity index (χ1n) is 7.61. The van der Waals surface area contributed by atoms with Crippen LogP contribution in [0.25, 0.3) is 0 Å². The molecule has 1 unspecified atom stereocenters. The van der Waals surface area contributed by atoms with Crippen LogP contribution in [0.5, 0.6) is 0 Å². The fraction of sp³-hybridized carbons (Fsp3) is 0.857. The molecule has 0 aromatic carbocycles. The van der Waals surface area contributed by atoms with Crippen LogP contribution in [0.1, 0.15) is 33.6 Å². The molecule has 1 heterocycles. The van der Waals surface area contributed by atoms with Crippen LogP contribution in [0.3, 0.4) is 0 Å². The molecular formula is C14H29ClN4O2. The van der Waals surface area contributed by atoms with Gasteiger partial charge >= 0.3 is 6.03 Å². The van der Waals surface area contributed by atoms with E-state index in [9.17, 15) is 9.59 Å². The molecule has 0 saturated carbocycles. The van der Waals surface area contributed by atoms with Gasteiger partial charge in [-0.05, 0) is 58.8 Å². The Labute approximate surface area is 133 Å². The Morgan fingerprint density at radius 1 is 1.19 bits per heavy atom. The molecule has 0 aliphatic carbocycles. The van der Waals surface area contributed by atoms with Gasteiger partial charge in [-0.25, -0.2) is 4.79 Å². The molecule has 1 rings (SSSR count). The lowest BCUT2D eigenvalue weighted by molar-refractivity contribution is -0.125. The second kappa shape index (κ2) is 10.8. The first kappa shape index (κ1) is 20.1. The molecule has 0 aromatic rings. The number of hydrogen-bond donors (Lipinski definition) is 3. The average molecular weight is 321 g/mol. The topological polar surface area (TPSA) is 73.5 Å². The maximum Gasteiger partial charge on any atom is 0.321 e. The number of amides is 3. The zero-order valence-electron chi connectivity index (χ0n) is 13.3. The van der Waals surface area contributed by atoms with Gasteiger partial charge in [-0.15, -0.1) is 12.4 Å². The molecule has 3 N–H and O–H groups in total. The number of carbonyl (C=O) groups excluding carboxylic acids is 2. The summed E-state index contributed by atoms with van der Waals surface area (Å²) in [6.07, 6.45) is 2.21. The summed E-state index contributed by atoms with van der Waals surface area (Å²) in [6, 6.07) is -0.663. The summed E-state index contributed by atoms with van der Waals surface area (Å²) in [4.78, 5) is 25.4. The van der Waals surface area contributed by atoms with Crippen LogP contribution in [0.2, 0.25) is 0 Å². The summed E-state index contributed by atoms with van der Waals surface area (Å²) in [6.45, 7) is 10.2. The third-order valence-corrected chi connectivity index (χ3v) is 3.83. The van der Waals surface area contributed by atoms with E-state index in [1.165, 1.54) is 0 Å². The Kier molecular flexibility index (Phi) is 10.4. The van der Waals surface area contributed by atoms with Crippen LogP contribution in [0.4, 0.5) is 4.79 Å². The maximum absolute atomic E-state index is 12.0. The first-order chi connectivity index (χ1) is 9.58. The number of nitrogens with one attached hydrogen (secondary N) is 3. The third-order valence-electron chi connectivity index (χ3n) is 3.83. The SMILES string of the molecule is CCNCC1CCN(C(C)C(=O)NC(=O)NCC)CC1.Cl. The van der Waals surface area contributed by atoms with E-state index < -0.39 is 6.03 Å². The minimum atomic E-state index is -0.411. The monoisotopic (exact) mass is 320 g/mol. The van der Waals surface area contributed by atoms with Crippen molar-refractivity contribution in [3.8, 4) is 0 Å². The Morgan fingerprint density at radius 2 is 1.81 bits per heavy atom. The fourth-order valence-electron chi connectivity index (χ4n) is 2.48. The minimum absolute atomic E-state index is 0. The predicted molar refractivity (Wildman–Crippen MR) is 86.8 cm³/mol. The summed E-state index contributed by atoms with van der Waals surface area (Å²) < 4.78 is 0. The fourth-order valence-corrected chi connectivity index (χ4v) is 2.48. The number of likely N-dealkylation sites (tertiary alicyclic amines) is 1. The van der Waals surface area contributed by atoms with Gasteiger partial charge in [-0.2, -0.15) is 0 Å². The van der Waals surface area contributed by atoms with Gasteiger partial charge in [-0.1, -0.05) is 6.92 Å². The smallest absolute Gasteiger partial charge is 0.321 e. The number of urea groups is 1. The Bertz CT molecular complexity index is 320. The lowest BCUT2D eigenvalue weighted by atomic mass is 9.95. The number of imide groups is 1. The molecule has 0 bridgehead atoms. The van der Waals surface area contributed by atoms with Gasteiger partial charge in [0.2, 0.25) is 5.91 Å². The molecule has 1 saturated heterocycles. The van der Waals surface area contributed by atoms with Crippen molar-refractivity contribution in [3.63, 3.8) is 0 Å². The van der Waals surface area contributed by atoms with E-state index in [0.717, 1.165) is 39.0 Å². The number of halogens is 1. The highest BCUT2D eigenvalue weighted by atomic mass is 35.5. The van der Waals surface area contributed by atoms with Crippen molar-refractivity contribution in [2.45, 2.75) is 39.7 Å². The van der Waals surface area contributed by atoms with Crippen molar-refractivity contribution in [3.05, 3.63) is 0 Å². The van der Waals surface area contributed by atoms with E-state index in [2.05, 4.69) is 27.8 Å². The first-order valence-corrected chi connectivity index (χ1v) is 7.61. The van der Waals surface area contributed by atoms with Gasteiger partial charge in [0.25, 0.3) is 0 Å². The summed E-state index contributed by atoms with van der Waals surface area (Å²) in [5.41, 5.74) is 0. The molecule has 0 spiro atoms. The number of nitrogens with zero attached hydrogens (tertiary/aromatic N) is 1. The van der Waals surface area contributed by atoms with Crippen LogP contribution >= 0.6 is 12.4 Å². The number of piperidine rings is 1. The number of carbonyl (C=O) groups is 2. The normalized spacial score (nSPS) is 17.7. The molecule has 124 valence electrons. The number of rotatable bonds is 6. The molecule has 3 amide bonds. The van der Waals surface area contributed by atoms with Gasteiger partial charge in [0.1, 0.15) is 0 Å². The van der Waals surface area contributed by atoms with Crippen LogP contribution in [-0.2, 0) is 4.79 Å². The van der Waals surface area contributed by atoms with E-state index in [1.54, 1.807) is 0 Å². The standard InChI is InChI=1S/C14H28N4O2.ClH/c1-4-15-10-12-6-8-18(9-7-12)11(3)13(19)17-14(20)16-5-2;/h11-12,15H,4-10H2,1-3H3,(H2,16,17,19,20);1H. The highest BCUT2D eigenvalue weighted by Gasteiger charge is 2.27. The summed E-state index contributed by atoms with van der Waals surface area (Å²) in [5, 5.41) is 8.32. The largest absolute Gasteiger partial charge is 0.338 e. The molecule has 1 fully saturated rings. The van der Waals surface area contributed by atoms with E-state index >= 15 is 0 Å². The average Bonchev–Trinajstić information content (AvgIpc) is 2.45. The van der Waals surface area contributed by atoms with Gasteiger partial charge < -0.3 is 10.6 Å². The number of hydrogen-bond acceptors (Lipinski definition) is 4. The third kappa shape index (κ3) is 7.11. The zero-order chi connectivity index (χ0) is 15.0. The van der Waals surface area contributed by atoms with Crippen LogP contribution < -0.4 is 16.0 Å². The van der Waals surface area contributed by atoms with Crippen LogP contribution in [0.15, 0.2) is 0 Å². The quantitative estimate of drug-likeness (QED) is 0.681. The van der Waals surface area contributed by atoms with Crippen molar-refractivity contribution in [1.29, 1.82) is 0 Å². The summed E-state index contributed by atoms with van der Waals surface area (Å²) in [7, 11) is 0. The predicted octanol–water partition coefficient (Wildman–Crippen LogP) is 0.964. The van der Waals surface area contributed by atoms with Crippen molar-refractivity contribution in [2.75, 3.05) is 32.7 Å². The van der Waals surface area contributed by atoms with Crippen molar-refractivity contribution in [2.24, 2.45) is 5.92 Å². The maximum atomic E-state index is 12.0. The highest BCUT2D eigenvalue weighted by Crippen LogP contribution is 2.18. The molecule has 6 nitrogen and oxygen atoms in total. The molecule has 0 aromatic heterocycles. The van der Waals surface area contributed by atoms with Crippen molar-refractivity contribution < 1.29 is 9.59 Å². The van der Waals surface area contributed by atoms with Crippen molar-refractivity contribution >= 4 is 24.3 Å². The summed E-state index contributed by atoms with van der Waals surface area (Å²) >= 11 is 0. The van der Waals surface area contributed by atoms with Gasteiger partial charge in [0.05, 0.1) is 6.04 Å². The minimum Gasteiger partial charge on any atom is -0.338 e. The second-order valence-electron chi connectivity index (χ2n) is 5.31. The summed E-state index contributed by atoms with van der Waals surface area (Å²) in [5.74, 6) is 0.478. The van der Waals surface area contributed by atoms with E-state index in [4.69, 9.17) is 0 Å². The van der Waals surface area contributed by atoms with E-state index in [-0.39, 0.29) is 24.4 Å². The Morgan fingerprint density at radius 3 is 2.33 bits per heavy atom. The molecule has 1 aliphatic rings. The second-order valence-corrected chi connectivity index (χ2v) is 5.31. The Balaban J connectivity index is 0.00000400. The van der Waals surface area contributed by atoms with Gasteiger partial charge in [0, 0.05) is 6.54 Å². The molecular weight excluding hydrogens is 292 g/mol. The van der Waals surface area contributed by atoms with E-state index in [0.29, 0.717) is 12.5 Å². The van der Waals surface area contributed by atoms with Crippen LogP contribution in [-0.4, -0.2) is 55.6 Å². The molecule has 0 radical (unpaired) electrons. The Hall–Kier alpha value is -0.850. The molecule has 1 atom stereocenters. The van der Waals surface area contributed by atoms with E-state index in [1.807, 2.05) is 13.8 Å². The molecule has 1 aliphatic heterocycles. The highest BCUT2D eigenvalue weighted by molar-refractivity contribution is 5.96. The molecule has 7 heteroatoms. The lowest BCUT2D eigenvalue weighted by Crippen LogP contribution is -2.51. The molecule has 21 heavy (non-hydrogen) atoms. The van der Waals surface area contributed by atoms with Gasteiger partial charge in [0.15, 0.2) is 0 Å².